The second kappa shape index (κ2) is 7.21. The fourth-order valence-corrected chi connectivity index (χ4v) is 2.97. The lowest BCUT2D eigenvalue weighted by Gasteiger charge is -2.30. The highest BCUT2D eigenvalue weighted by Crippen LogP contribution is 2.23. The summed E-state index contributed by atoms with van der Waals surface area (Å²) in [6, 6.07) is 7.11. The van der Waals surface area contributed by atoms with Crippen molar-refractivity contribution in [2.75, 3.05) is 13.1 Å². The molecule has 7 heteroatoms. The first kappa shape index (κ1) is 16.1. The number of Topliss-reactive ketones (excluding diaryl/α,β-unsaturated/α-hetero) is 1. The lowest BCUT2D eigenvalue weighted by molar-refractivity contribution is 0.0832. The molecule has 0 aliphatic carbocycles. The first-order chi connectivity index (χ1) is 11.2. The summed E-state index contributed by atoms with van der Waals surface area (Å²) in [6.07, 6.45) is 1.67. The van der Waals surface area contributed by atoms with Gasteiger partial charge in [0.05, 0.1) is 13.1 Å². The number of hydrogen-bond donors (Lipinski definition) is 1. The minimum absolute atomic E-state index is 0.0669. The van der Waals surface area contributed by atoms with E-state index < -0.39 is 0 Å². The zero-order valence-corrected chi connectivity index (χ0v) is 13.5. The molecule has 23 heavy (non-hydrogen) atoms. The second-order valence-corrected chi connectivity index (χ2v) is 6.17. The average Bonchev–Trinajstić information content (AvgIpc) is 3.03. The van der Waals surface area contributed by atoms with E-state index in [1.807, 2.05) is 0 Å². The van der Waals surface area contributed by atoms with Gasteiger partial charge in [0, 0.05) is 16.5 Å². The van der Waals surface area contributed by atoms with Crippen molar-refractivity contribution in [3.63, 3.8) is 0 Å². The molecule has 2 heterocycles. The molecular weight excluding hydrogens is 316 g/mol. The van der Waals surface area contributed by atoms with Crippen LogP contribution in [-0.4, -0.2) is 33.9 Å². The molecular formula is C16H19ClN4O2. The highest BCUT2D eigenvalue weighted by atomic mass is 35.5. The van der Waals surface area contributed by atoms with Crippen molar-refractivity contribution in [2.45, 2.75) is 25.9 Å². The molecule has 1 aromatic heterocycles. The molecule has 0 amide bonds. The Balaban J connectivity index is 1.53. The van der Waals surface area contributed by atoms with Gasteiger partial charge in [0.15, 0.2) is 11.6 Å². The molecule has 6 nitrogen and oxygen atoms in total. The number of likely N-dealkylation sites (tertiary alicyclic amines) is 1. The molecule has 2 aromatic rings. The van der Waals surface area contributed by atoms with Gasteiger partial charge >= 0.3 is 0 Å². The number of halogens is 1. The van der Waals surface area contributed by atoms with E-state index in [2.05, 4.69) is 15.0 Å². The predicted molar refractivity (Wildman–Crippen MR) is 86.0 cm³/mol. The number of benzene rings is 1. The molecule has 1 fully saturated rings. The Hall–Kier alpha value is -1.76. The van der Waals surface area contributed by atoms with Gasteiger partial charge in [-0.3, -0.25) is 9.69 Å². The highest BCUT2D eigenvalue weighted by molar-refractivity contribution is 6.30. The Morgan fingerprint density at radius 1 is 1.30 bits per heavy atom. The van der Waals surface area contributed by atoms with Crippen molar-refractivity contribution < 1.29 is 9.32 Å². The standard InChI is InChI=1S/C16H19ClN4O2/c17-13-3-1-11(2-4-13)16(22)12-5-7-21(8-6-12)10-14-19-15(9-18)23-20-14/h1-4,12H,5-10,18H2. The molecule has 1 saturated heterocycles. The van der Waals surface area contributed by atoms with Crippen molar-refractivity contribution in [3.8, 4) is 0 Å². The van der Waals surface area contributed by atoms with E-state index in [0.29, 0.717) is 23.3 Å². The zero-order valence-electron chi connectivity index (χ0n) is 12.7. The molecule has 1 aliphatic rings. The number of nitrogens with two attached hydrogens (primary N) is 1. The summed E-state index contributed by atoms with van der Waals surface area (Å²) < 4.78 is 5.00. The number of aromatic nitrogens is 2. The van der Waals surface area contributed by atoms with Crippen LogP contribution in [0.4, 0.5) is 0 Å². The highest BCUT2D eigenvalue weighted by Gasteiger charge is 2.26. The minimum Gasteiger partial charge on any atom is -0.338 e. The second-order valence-electron chi connectivity index (χ2n) is 5.73. The van der Waals surface area contributed by atoms with E-state index in [9.17, 15) is 4.79 Å². The molecule has 2 N–H and O–H groups in total. The Morgan fingerprint density at radius 3 is 2.61 bits per heavy atom. The lowest BCUT2D eigenvalue weighted by Crippen LogP contribution is -2.36. The Bertz CT molecular complexity index is 663. The largest absolute Gasteiger partial charge is 0.338 e. The van der Waals surface area contributed by atoms with E-state index in [1.165, 1.54) is 0 Å². The third-order valence-electron chi connectivity index (χ3n) is 4.14. The van der Waals surface area contributed by atoms with Crippen LogP contribution in [0.3, 0.4) is 0 Å². The van der Waals surface area contributed by atoms with Gasteiger partial charge in [0.1, 0.15) is 0 Å². The van der Waals surface area contributed by atoms with Crippen LogP contribution in [-0.2, 0) is 13.1 Å². The van der Waals surface area contributed by atoms with Gasteiger partial charge in [0.25, 0.3) is 0 Å². The van der Waals surface area contributed by atoms with Crippen molar-refractivity contribution >= 4 is 17.4 Å². The topological polar surface area (TPSA) is 85.2 Å². The summed E-state index contributed by atoms with van der Waals surface area (Å²) in [5, 5.41) is 4.55. The van der Waals surface area contributed by atoms with Gasteiger partial charge in [-0.15, -0.1) is 0 Å². The van der Waals surface area contributed by atoms with E-state index >= 15 is 0 Å². The lowest BCUT2D eigenvalue weighted by atomic mass is 9.89. The van der Waals surface area contributed by atoms with Crippen LogP contribution in [0.1, 0.15) is 34.9 Å². The van der Waals surface area contributed by atoms with Crippen LogP contribution < -0.4 is 5.73 Å². The molecule has 0 saturated carbocycles. The number of carbonyl (C=O) groups excluding carboxylic acids is 1. The maximum Gasteiger partial charge on any atom is 0.240 e. The molecule has 0 spiro atoms. The molecule has 0 radical (unpaired) electrons. The molecule has 3 rings (SSSR count). The fraction of sp³-hybridized carbons (Fsp3) is 0.438. The monoisotopic (exact) mass is 334 g/mol. The Labute approximate surface area is 139 Å². The summed E-state index contributed by atoms with van der Waals surface area (Å²) >= 11 is 5.87. The zero-order chi connectivity index (χ0) is 16.2. The summed E-state index contributed by atoms with van der Waals surface area (Å²) in [6.45, 7) is 2.57. The van der Waals surface area contributed by atoms with Gasteiger partial charge < -0.3 is 10.3 Å². The van der Waals surface area contributed by atoms with Crippen molar-refractivity contribution in [1.82, 2.24) is 15.0 Å². The van der Waals surface area contributed by atoms with Gasteiger partial charge in [-0.1, -0.05) is 16.8 Å². The number of carbonyl (C=O) groups is 1. The first-order valence-electron chi connectivity index (χ1n) is 7.69. The third-order valence-corrected chi connectivity index (χ3v) is 4.39. The predicted octanol–water partition coefficient (Wildman–Crippen LogP) is 2.28. The third kappa shape index (κ3) is 3.96. The van der Waals surface area contributed by atoms with Crippen LogP contribution >= 0.6 is 11.6 Å². The molecule has 0 atom stereocenters. The number of hydrogen-bond acceptors (Lipinski definition) is 6. The van der Waals surface area contributed by atoms with Crippen molar-refractivity contribution in [1.29, 1.82) is 0 Å². The number of rotatable bonds is 5. The van der Waals surface area contributed by atoms with Crippen LogP contribution in [0.5, 0.6) is 0 Å². The summed E-state index contributed by atoms with van der Waals surface area (Å²) in [4.78, 5) is 18.9. The Morgan fingerprint density at radius 2 is 2.00 bits per heavy atom. The normalized spacial score (nSPS) is 16.6. The van der Waals surface area contributed by atoms with Crippen molar-refractivity contribution in [3.05, 3.63) is 46.6 Å². The van der Waals surface area contributed by atoms with Crippen LogP contribution in [0.15, 0.2) is 28.8 Å². The number of piperidine rings is 1. The molecule has 0 bridgehead atoms. The van der Waals surface area contributed by atoms with E-state index in [4.69, 9.17) is 21.9 Å². The summed E-state index contributed by atoms with van der Waals surface area (Å²) in [5.74, 6) is 1.37. The molecule has 0 unspecified atom stereocenters. The summed E-state index contributed by atoms with van der Waals surface area (Å²) in [7, 11) is 0. The average molecular weight is 335 g/mol. The van der Waals surface area contributed by atoms with Gasteiger partial charge in [-0.25, -0.2) is 0 Å². The fourth-order valence-electron chi connectivity index (χ4n) is 2.84. The van der Waals surface area contributed by atoms with E-state index in [1.54, 1.807) is 24.3 Å². The van der Waals surface area contributed by atoms with Crippen LogP contribution in [0, 0.1) is 5.92 Å². The molecule has 1 aliphatic heterocycles. The first-order valence-corrected chi connectivity index (χ1v) is 8.07. The smallest absolute Gasteiger partial charge is 0.240 e. The van der Waals surface area contributed by atoms with Crippen LogP contribution in [0.25, 0.3) is 0 Å². The maximum absolute atomic E-state index is 12.5. The van der Waals surface area contributed by atoms with Gasteiger partial charge in [-0.2, -0.15) is 4.98 Å². The van der Waals surface area contributed by atoms with Crippen LogP contribution in [0.2, 0.25) is 5.02 Å². The van der Waals surface area contributed by atoms with E-state index in [0.717, 1.165) is 31.5 Å². The number of ketones is 1. The minimum atomic E-state index is 0.0669. The quantitative estimate of drug-likeness (QED) is 0.844. The molecule has 1 aromatic carbocycles. The maximum atomic E-state index is 12.5. The Kier molecular flexibility index (Phi) is 5.05. The van der Waals surface area contributed by atoms with Gasteiger partial charge in [-0.05, 0) is 50.2 Å². The van der Waals surface area contributed by atoms with E-state index in [-0.39, 0.29) is 18.2 Å². The SMILES string of the molecule is NCc1nc(CN2CCC(C(=O)c3ccc(Cl)cc3)CC2)no1. The number of nitrogens with zero attached hydrogens (tertiary/aromatic N) is 3. The molecule has 122 valence electrons. The van der Waals surface area contributed by atoms with Crippen molar-refractivity contribution in [2.24, 2.45) is 11.7 Å². The summed E-state index contributed by atoms with van der Waals surface area (Å²) in [5.41, 5.74) is 6.19. The van der Waals surface area contributed by atoms with Gasteiger partial charge in [0.2, 0.25) is 5.89 Å².